The van der Waals surface area contributed by atoms with Crippen molar-refractivity contribution in [1.82, 2.24) is 9.88 Å². The van der Waals surface area contributed by atoms with E-state index in [0.29, 0.717) is 31.4 Å². The fourth-order valence-electron chi connectivity index (χ4n) is 2.36. The largest absolute Gasteiger partial charge is 0.384 e. The first-order valence-electron chi connectivity index (χ1n) is 6.27. The second kappa shape index (κ2) is 5.97. The van der Waals surface area contributed by atoms with Crippen LogP contribution in [0.2, 0.25) is 0 Å². The molecule has 19 heavy (non-hydrogen) atoms. The number of hydrogen-bond donors (Lipinski definition) is 1. The monoisotopic (exact) mass is 267 g/mol. The Kier molecular flexibility index (Phi) is 4.31. The van der Waals surface area contributed by atoms with E-state index >= 15 is 0 Å². The Bertz CT molecular complexity index is 467. The quantitative estimate of drug-likeness (QED) is 0.895. The van der Waals surface area contributed by atoms with Gasteiger partial charge in [-0.15, -0.1) is 0 Å². The van der Waals surface area contributed by atoms with Gasteiger partial charge in [-0.2, -0.15) is 0 Å². The SMILES string of the molecule is CNc1ncc(F)cc1C(=O)N1CCC(COC)C1. The van der Waals surface area contributed by atoms with Crippen LogP contribution in [0.15, 0.2) is 12.3 Å². The summed E-state index contributed by atoms with van der Waals surface area (Å²) in [6, 6.07) is 1.23. The Morgan fingerprint density at radius 2 is 2.47 bits per heavy atom. The molecule has 1 aliphatic rings. The van der Waals surface area contributed by atoms with Crippen molar-refractivity contribution >= 4 is 11.7 Å². The molecule has 6 heteroatoms. The average molecular weight is 267 g/mol. The molecule has 2 rings (SSSR count). The molecule has 2 heterocycles. The van der Waals surface area contributed by atoms with Crippen molar-refractivity contribution in [2.24, 2.45) is 5.92 Å². The van der Waals surface area contributed by atoms with Crippen LogP contribution in [0.1, 0.15) is 16.8 Å². The number of hydrogen-bond acceptors (Lipinski definition) is 4. The minimum absolute atomic E-state index is 0.185. The van der Waals surface area contributed by atoms with Gasteiger partial charge < -0.3 is 15.0 Å². The lowest BCUT2D eigenvalue weighted by Gasteiger charge is -2.18. The standard InChI is InChI=1S/C13H18FN3O2/c1-15-12-11(5-10(14)6-16-12)13(18)17-4-3-9(7-17)8-19-2/h5-6,9H,3-4,7-8H2,1-2H3,(H,15,16). The van der Waals surface area contributed by atoms with Gasteiger partial charge >= 0.3 is 0 Å². The van der Waals surface area contributed by atoms with Gasteiger partial charge in [-0.1, -0.05) is 0 Å². The number of nitrogens with one attached hydrogen (secondary N) is 1. The minimum Gasteiger partial charge on any atom is -0.384 e. The molecule has 0 radical (unpaired) electrons. The fraction of sp³-hybridized carbons (Fsp3) is 0.538. The van der Waals surface area contributed by atoms with Gasteiger partial charge in [0.05, 0.1) is 18.4 Å². The van der Waals surface area contributed by atoms with Crippen LogP contribution in [0.5, 0.6) is 0 Å². The Balaban J connectivity index is 2.14. The van der Waals surface area contributed by atoms with E-state index in [1.807, 2.05) is 0 Å². The molecule has 104 valence electrons. The molecule has 0 aliphatic carbocycles. The smallest absolute Gasteiger partial charge is 0.257 e. The molecule has 0 bridgehead atoms. The van der Waals surface area contributed by atoms with Gasteiger partial charge in [0.15, 0.2) is 0 Å². The van der Waals surface area contributed by atoms with Crippen molar-refractivity contribution in [3.8, 4) is 0 Å². The molecule has 1 amide bonds. The first-order valence-corrected chi connectivity index (χ1v) is 6.27. The summed E-state index contributed by atoms with van der Waals surface area (Å²) < 4.78 is 18.3. The molecule has 1 N–H and O–H groups in total. The maximum absolute atomic E-state index is 13.2. The van der Waals surface area contributed by atoms with Crippen LogP contribution in [-0.2, 0) is 4.74 Å². The van der Waals surface area contributed by atoms with Gasteiger partial charge in [0.25, 0.3) is 5.91 Å². The van der Waals surface area contributed by atoms with E-state index < -0.39 is 5.82 Å². The third-order valence-corrected chi connectivity index (χ3v) is 3.30. The molecule has 0 spiro atoms. The highest BCUT2D eigenvalue weighted by atomic mass is 19.1. The van der Waals surface area contributed by atoms with Gasteiger partial charge in [0.1, 0.15) is 11.6 Å². The summed E-state index contributed by atoms with van der Waals surface area (Å²) in [5.41, 5.74) is 0.278. The molecule has 1 saturated heterocycles. The lowest BCUT2D eigenvalue weighted by Crippen LogP contribution is -2.30. The number of aromatic nitrogens is 1. The third-order valence-electron chi connectivity index (χ3n) is 3.30. The molecule has 0 aromatic carbocycles. The van der Waals surface area contributed by atoms with Gasteiger partial charge in [0.2, 0.25) is 0 Å². The number of likely N-dealkylation sites (tertiary alicyclic amines) is 1. The normalized spacial score (nSPS) is 18.7. The molecule has 1 unspecified atom stereocenters. The van der Waals surface area contributed by atoms with E-state index in [-0.39, 0.29) is 11.5 Å². The number of carbonyl (C=O) groups is 1. The summed E-state index contributed by atoms with van der Waals surface area (Å²) in [4.78, 5) is 18.0. The highest BCUT2D eigenvalue weighted by molar-refractivity contribution is 5.98. The highest BCUT2D eigenvalue weighted by Crippen LogP contribution is 2.22. The molecule has 1 aromatic rings. The number of halogens is 1. The topological polar surface area (TPSA) is 54.5 Å². The number of nitrogens with zero attached hydrogens (tertiary/aromatic N) is 2. The van der Waals surface area contributed by atoms with Crippen molar-refractivity contribution in [2.45, 2.75) is 6.42 Å². The molecule has 1 aromatic heterocycles. The van der Waals surface area contributed by atoms with Gasteiger partial charge in [-0.25, -0.2) is 9.37 Å². The average Bonchev–Trinajstić information content (AvgIpc) is 2.87. The Labute approximate surface area is 111 Å². The fourth-order valence-corrected chi connectivity index (χ4v) is 2.36. The highest BCUT2D eigenvalue weighted by Gasteiger charge is 2.28. The van der Waals surface area contributed by atoms with E-state index in [1.54, 1.807) is 19.1 Å². The number of rotatable bonds is 4. The van der Waals surface area contributed by atoms with Crippen LogP contribution in [-0.4, -0.2) is 49.6 Å². The van der Waals surface area contributed by atoms with Crippen LogP contribution in [0.3, 0.4) is 0 Å². The van der Waals surface area contributed by atoms with Crippen molar-refractivity contribution in [1.29, 1.82) is 0 Å². The van der Waals surface area contributed by atoms with Gasteiger partial charge in [0, 0.05) is 33.2 Å². The zero-order valence-corrected chi connectivity index (χ0v) is 11.1. The number of amides is 1. The van der Waals surface area contributed by atoms with Crippen molar-refractivity contribution in [3.63, 3.8) is 0 Å². The Morgan fingerprint density at radius 1 is 1.68 bits per heavy atom. The maximum Gasteiger partial charge on any atom is 0.257 e. The Hall–Kier alpha value is -1.69. The van der Waals surface area contributed by atoms with Crippen molar-refractivity contribution in [2.75, 3.05) is 39.2 Å². The molecule has 1 fully saturated rings. The van der Waals surface area contributed by atoms with E-state index in [9.17, 15) is 9.18 Å². The van der Waals surface area contributed by atoms with Crippen molar-refractivity contribution < 1.29 is 13.9 Å². The van der Waals surface area contributed by atoms with E-state index in [1.165, 1.54) is 6.07 Å². The number of ether oxygens (including phenoxy) is 1. The van der Waals surface area contributed by atoms with Crippen LogP contribution in [0.4, 0.5) is 10.2 Å². The second-order valence-corrected chi connectivity index (χ2v) is 4.66. The second-order valence-electron chi connectivity index (χ2n) is 4.66. The lowest BCUT2D eigenvalue weighted by molar-refractivity contribution is 0.0775. The first kappa shape index (κ1) is 13.7. The van der Waals surface area contributed by atoms with Crippen LogP contribution >= 0.6 is 0 Å². The molecular weight excluding hydrogens is 249 g/mol. The zero-order valence-electron chi connectivity index (χ0n) is 11.1. The van der Waals surface area contributed by atoms with E-state index in [0.717, 1.165) is 12.6 Å². The summed E-state index contributed by atoms with van der Waals surface area (Å²) in [5, 5.41) is 2.81. The number of anilines is 1. The van der Waals surface area contributed by atoms with Crippen LogP contribution in [0, 0.1) is 11.7 Å². The molecular formula is C13H18FN3O2. The maximum atomic E-state index is 13.2. The van der Waals surface area contributed by atoms with Crippen LogP contribution < -0.4 is 5.32 Å². The summed E-state index contributed by atoms with van der Waals surface area (Å²) in [7, 11) is 3.31. The first-order chi connectivity index (χ1) is 9.15. The predicted molar refractivity (Wildman–Crippen MR) is 69.6 cm³/mol. The summed E-state index contributed by atoms with van der Waals surface area (Å²) in [6.45, 7) is 1.96. The van der Waals surface area contributed by atoms with Crippen LogP contribution in [0.25, 0.3) is 0 Å². The van der Waals surface area contributed by atoms with Gasteiger partial charge in [-0.3, -0.25) is 4.79 Å². The number of carbonyl (C=O) groups excluding carboxylic acids is 1. The van der Waals surface area contributed by atoms with Gasteiger partial charge in [-0.05, 0) is 12.5 Å². The molecule has 0 saturated carbocycles. The minimum atomic E-state index is -0.505. The summed E-state index contributed by atoms with van der Waals surface area (Å²) >= 11 is 0. The lowest BCUT2D eigenvalue weighted by atomic mass is 10.1. The van der Waals surface area contributed by atoms with E-state index in [2.05, 4.69) is 10.3 Å². The molecule has 5 nitrogen and oxygen atoms in total. The Morgan fingerprint density at radius 3 is 3.16 bits per heavy atom. The number of pyridine rings is 1. The third kappa shape index (κ3) is 3.01. The zero-order chi connectivity index (χ0) is 13.8. The predicted octanol–water partition coefficient (Wildman–Crippen LogP) is 1.37. The molecule has 1 atom stereocenters. The molecule has 1 aliphatic heterocycles. The van der Waals surface area contributed by atoms with Crippen molar-refractivity contribution in [3.05, 3.63) is 23.6 Å². The summed E-state index contributed by atoms with van der Waals surface area (Å²) in [5.74, 6) is 0.0695. The number of methoxy groups -OCH3 is 1. The summed E-state index contributed by atoms with van der Waals surface area (Å²) in [6.07, 6.45) is 2.01. The van der Waals surface area contributed by atoms with E-state index in [4.69, 9.17) is 4.74 Å².